The van der Waals surface area contributed by atoms with Crippen molar-refractivity contribution in [2.75, 3.05) is 11.1 Å². The molecule has 1 aromatic carbocycles. The zero-order chi connectivity index (χ0) is 12.4. The lowest BCUT2D eigenvalue weighted by molar-refractivity contribution is 0.103. The van der Waals surface area contributed by atoms with Gasteiger partial charge in [-0.3, -0.25) is 4.79 Å². The number of carbonyl (C=O) groups excluding carboxylic acids is 1. The van der Waals surface area contributed by atoms with Gasteiger partial charge in [-0.05, 0) is 40.2 Å². The molecule has 0 saturated heterocycles. The van der Waals surface area contributed by atoms with Gasteiger partial charge in [-0.15, -0.1) is 11.3 Å². The highest BCUT2D eigenvalue weighted by atomic mass is 79.9. The van der Waals surface area contributed by atoms with Crippen molar-refractivity contribution < 1.29 is 9.90 Å². The monoisotopic (exact) mass is 312 g/mol. The molecule has 0 spiro atoms. The number of nitrogen functional groups attached to an aromatic ring is 1. The van der Waals surface area contributed by atoms with Gasteiger partial charge in [0, 0.05) is 6.07 Å². The summed E-state index contributed by atoms with van der Waals surface area (Å²) in [7, 11) is 0. The summed E-state index contributed by atoms with van der Waals surface area (Å²) in [4.78, 5) is 12.4. The van der Waals surface area contributed by atoms with Crippen LogP contribution in [0.3, 0.4) is 0 Å². The summed E-state index contributed by atoms with van der Waals surface area (Å²) in [6.45, 7) is 0. The van der Waals surface area contributed by atoms with Gasteiger partial charge in [0.2, 0.25) is 0 Å². The molecule has 88 valence electrons. The lowest BCUT2D eigenvalue weighted by Crippen LogP contribution is -2.11. The number of hydrogen-bond acceptors (Lipinski definition) is 4. The zero-order valence-corrected chi connectivity index (χ0v) is 11.0. The lowest BCUT2D eigenvalue weighted by Gasteiger charge is -2.07. The maximum atomic E-state index is 11.8. The molecule has 0 aliphatic heterocycles. The van der Waals surface area contributed by atoms with E-state index >= 15 is 0 Å². The summed E-state index contributed by atoms with van der Waals surface area (Å²) in [5.41, 5.74) is 6.48. The number of benzene rings is 1. The Morgan fingerprint density at radius 1 is 1.35 bits per heavy atom. The molecule has 1 amide bonds. The second kappa shape index (κ2) is 4.77. The first-order valence-corrected chi connectivity index (χ1v) is 6.32. The summed E-state index contributed by atoms with van der Waals surface area (Å²) in [6.07, 6.45) is 0. The fourth-order valence-corrected chi connectivity index (χ4v) is 2.57. The number of nitrogens with one attached hydrogen (secondary N) is 1. The molecule has 6 heteroatoms. The van der Waals surface area contributed by atoms with Crippen molar-refractivity contribution in [2.24, 2.45) is 0 Å². The molecule has 17 heavy (non-hydrogen) atoms. The Balaban J connectivity index is 2.18. The zero-order valence-electron chi connectivity index (χ0n) is 8.61. The van der Waals surface area contributed by atoms with E-state index in [0.29, 0.717) is 16.3 Å². The first kappa shape index (κ1) is 11.9. The van der Waals surface area contributed by atoms with Gasteiger partial charge in [0.05, 0.1) is 20.0 Å². The average Bonchev–Trinajstić information content (AvgIpc) is 2.69. The van der Waals surface area contributed by atoms with E-state index in [2.05, 4.69) is 21.2 Å². The number of aromatic hydroxyl groups is 1. The third-order valence-electron chi connectivity index (χ3n) is 2.08. The van der Waals surface area contributed by atoms with Crippen LogP contribution in [0.4, 0.5) is 11.4 Å². The van der Waals surface area contributed by atoms with E-state index in [0.717, 1.165) is 3.79 Å². The molecule has 2 aromatic rings. The number of thiophene rings is 1. The number of rotatable bonds is 2. The maximum absolute atomic E-state index is 11.8. The van der Waals surface area contributed by atoms with Gasteiger partial charge in [-0.1, -0.05) is 0 Å². The SMILES string of the molecule is Nc1cc(O)ccc1NC(=O)c1ccc(Br)s1. The van der Waals surface area contributed by atoms with Crippen molar-refractivity contribution in [3.05, 3.63) is 39.0 Å². The summed E-state index contributed by atoms with van der Waals surface area (Å²) in [5.74, 6) is -0.155. The molecular weight excluding hydrogens is 304 g/mol. The van der Waals surface area contributed by atoms with Gasteiger partial charge < -0.3 is 16.2 Å². The highest BCUT2D eigenvalue weighted by molar-refractivity contribution is 9.11. The topological polar surface area (TPSA) is 75.3 Å². The first-order valence-electron chi connectivity index (χ1n) is 4.71. The fraction of sp³-hybridized carbons (Fsp3) is 0. The van der Waals surface area contributed by atoms with Crippen molar-refractivity contribution in [3.8, 4) is 5.75 Å². The fourth-order valence-electron chi connectivity index (χ4n) is 1.28. The standard InChI is InChI=1S/C11H9BrN2O2S/c12-10-4-3-9(17-10)11(16)14-8-2-1-6(15)5-7(8)13/h1-5,15H,13H2,(H,14,16). The maximum Gasteiger partial charge on any atom is 0.265 e. The van der Waals surface area contributed by atoms with Crippen molar-refractivity contribution in [1.29, 1.82) is 0 Å². The van der Waals surface area contributed by atoms with Crippen LogP contribution in [0.2, 0.25) is 0 Å². The molecular formula is C11H9BrN2O2S. The third-order valence-corrected chi connectivity index (χ3v) is 3.70. The number of nitrogens with two attached hydrogens (primary N) is 1. The van der Waals surface area contributed by atoms with E-state index in [1.165, 1.54) is 23.5 Å². The summed E-state index contributed by atoms with van der Waals surface area (Å²) in [5, 5.41) is 11.9. The van der Waals surface area contributed by atoms with Crippen LogP contribution < -0.4 is 11.1 Å². The predicted octanol–water partition coefficient (Wildman–Crippen LogP) is 3.05. The van der Waals surface area contributed by atoms with Gasteiger partial charge in [-0.2, -0.15) is 0 Å². The number of hydrogen-bond donors (Lipinski definition) is 3. The molecule has 2 rings (SSSR count). The number of halogens is 1. The minimum atomic E-state index is -0.224. The van der Waals surface area contributed by atoms with E-state index in [1.807, 2.05) is 0 Å². The summed E-state index contributed by atoms with van der Waals surface area (Å²) >= 11 is 4.63. The van der Waals surface area contributed by atoms with E-state index in [-0.39, 0.29) is 11.7 Å². The second-order valence-corrected chi connectivity index (χ2v) is 5.79. The molecule has 0 radical (unpaired) electrons. The molecule has 4 nitrogen and oxygen atoms in total. The highest BCUT2D eigenvalue weighted by Gasteiger charge is 2.10. The summed E-state index contributed by atoms with van der Waals surface area (Å²) in [6, 6.07) is 7.95. The number of amides is 1. The van der Waals surface area contributed by atoms with Gasteiger partial charge in [0.1, 0.15) is 5.75 Å². The largest absolute Gasteiger partial charge is 0.508 e. The number of carbonyl (C=O) groups is 1. The van der Waals surface area contributed by atoms with Crippen LogP contribution in [0.25, 0.3) is 0 Å². The quantitative estimate of drug-likeness (QED) is 0.589. The van der Waals surface area contributed by atoms with Crippen LogP contribution in [0.5, 0.6) is 5.75 Å². The average molecular weight is 313 g/mol. The molecule has 1 aromatic heterocycles. The Hall–Kier alpha value is -1.53. The number of phenolic OH excluding ortho intramolecular Hbond substituents is 1. The first-order chi connectivity index (χ1) is 8.06. The lowest BCUT2D eigenvalue weighted by atomic mass is 10.2. The molecule has 0 aliphatic carbocycles. The van der Waals surface area contributed by atoms with E-state index in [9.17, 15) is 9.90 Å². The summed E-state index contributed by atoms with van der Waals surface area (Å²) < 4.78 is 0.890. The second-order valence-electron chi connectivity index (χ2n) is 3.33. The third kappa shape index (κ3) is 2.78. The van der Waals surface area contributed by atoms with Crippen molar-refractivity contribution >= 4 is 44.5 Å². The number of phenols is 1. The molecule has 0 atom stereocenters. The normalized spacial score (nSPS) is 10.2. The Bertz CT molecular complexity index is 568. The van der Waals surface area contributed by atoms with E-state index in [4.69, 9.17) is 5.73 Å². The van der Waals surface area contributed by atoms with E-state index in [1.54, 1.807) is 18.2 Å². The molecule has 0 unspecified atom stereocenters. The predicted molar refractivity (Wildman–Crippen MR) is 72.5 cm³/mol. The van der Waals surface area contributed by atoms with Crippen LogP contribution >= 0.6 is 27.3 Å². The van der Waals surface area contributed by atoms with Crippen LogP contribution in [0, 0.1) is 0 Å². The molecule has 1 heterocycles. The Labute approximate surface area is 110 Å². The van der Waals surface area contributed by atoms with Crippen LogP contribution in [-0.2, 0) is 0 Å². The number of anilines is 2. The van der Waals surface area contributed by atoms with Crippen LogP contribution in [0.15, 0.2) is 34.1 Å². The Kier molecular flexibility index (Phi) is 3.35. The molecule has 4 N–H and O–H groups in total. The molecule has 0 fully saturated rings. The van der Waals surface area contributed by atoms with Crippen molar-refractivity contribution in [3.63, 3.8) is 0 Å². The molecule has 0 bridgehead atoms. The Morgan fingerprint density at radius 2 is 2.12 bits per heavy atom. The van der Waals surface area contributed by atoms with E-state index < -0.39 is 0 Å². The minimum absolute atomic E-state index is 0.0689. The minimum Gasteiger partial charge on any atom is -0.508 e. The smallest absolute Gasteiger partial charge is 0.265 e. The van der Waals surface area contributed by atoms with Crippen molar-refractivity contribution in [1.82, 2.24) is 0 Å². The molecule has 0 saturated carbocycles. The van der Waals surface area contributed by atoms with Crippen molar-refractivity contribution in [2.45, 2.75) is 0 Å². The highest BCUT2D eigenvalue weighted by Crippen LogP contribution is 2.26. The Morgan fingerprint density at radius 3 is 2.71 bits per heavy atom. The van der Waals surface area contributed by atoms with Gasteiger partial charge in [0.25, 0.3) is 5.91 Å². The van der Waals surface area contributed by atoms with Crippen LogP contribution in [-0.4, -0.2) is 11.0 Å². The van der Waals surface area contributed by atoms with Gasteiger partial charge in [0.15, 0.2) is 0 Å². The van der Waals surface area contributed by atoms with Gasteiger partial charge >= 0.3 is 0 Å². The van der Waals surface area contributed by atoms with Gasteiger partial charge in [-0.25, -0.2) is 0 Å². The molecule has 0 aliphatic rings. The van der Waals surface area contributed by atoms with Crippen LogP contribution in [0.1, 0.15) is 9.67 Å².